The number of aliphatic hydroxyl groups excluding tert-OH is 1. The SMILES string of the molecule is Cn1cc2c3cc(C(=O)N=[S@](=O)(CCCO)Cc4ccccn4)ccc3n(-c3ccc(C(F)(F)F)cc3)c2n1. The second-order valence-corrected chi connectivity index (χ2v) is 11.5. The highest BCUT2D eigenvalue weighted by molar-refractivity contribution is 7.93. The molecule has 12 heteroatoms. The molecule has 1 amide bonds. The number of hydrogen-bond acceptors (Lipinski definition) is 5. The molecule has 0 aliphatic carbocycles. The van der Waals surface area contributed by atoms with E-state index in [4.69, 9.17) is 0 Å². The molecule has 0 unspecified atom stereocenters. The first-order valence-electron chi connectivity index (χ1n) is 12.0. The van der Waals surface area contributed by atoms with Gasteiger partial charge in [-0.1, -0.05) is 6.07 Å². The van der Waals surface area contributed by atoms with Crippen LogP contribution in [0.3, 0.4) is 0 Å². The van der Waals surface area contributed by atoms with Crippen LogP contribution in [0.1, 0.15) is 28.0 Å². The Kier molecular flexibility index (Phi) is 7.00. The summed E-state index contributed by atoms with van der Waals surface area (Å²) in [6, 6.07) is 14.8. The minimum Gasteiger partial charge on any atom is -0.396 e. The molecular formula is C27H24F3N5O3S. The molecule has 0 spiro atoms. The van der Waals surface area contributed by atoms with Crippen LogP contribution in [-0.2, 0) is 28.7 Å². The van der Waals surface area contributed by atoms with Gasteiger partial charge in [-0.3, -0.25) is 19.0 Å². The van der Waals surface area contributed by atoms with Crippen LogP contribution < -0.4 is 0 Å². The van der Waals surface area contributed by atoms with Crippen molar-refractivity contribution in [2.45, 2.75) is 18.3 Å². The zero-order chi connectivity index (χ0) is 27.8. The van der Waals surface area contributed by atoms with Crippen LogP contribution in [0.15, 0.2) is 77.4 Å². The summed E-state index contributed by atoms with van der Waals surface area (Å²) < 4.78 is 60.3. The molecule has 8 nitrogen and oxygen atoms in total. The molecule has 5 aromatic rings. The van der Waals surface area contributed by atoms with Gasteiger partial charge in [-0.25, -0.2) is 4.21 Å². The molecule has 0 saturated carbocycles. The van der Waals surface area contributed by atoms with Crippen molar-refractivity contribution in [2.75, 3.05) is 12.4 Å². The van der Waals surface area contributed by atoms with Crippen LogP contribution in [0.5, 0.6) is 0 Å². The normalized spacial score (nSPS) is 13.6. The van der Waals surface area contributed by atoms with Crippen molar-refractivity contribution in [3.05, 3.63) is 89.9 Å². The number of aromatic nitrogens is 4. The minimum atomic E-state index is -4.46. The summed E-state index contributed by atoms with van der Waals surface area (Å²) in [6.45, 7) is -0.189. The van der Waals surface area contributed by atoms with E-state index in [1.165, 1.54) is 12.1 Å². The Hall–Kier alpha value is -4.03. The predicted molar refractivity (Wildman–Crippen MR) is 142 cm³/mol. The number of halogens is 3. The van der Waals surface area contributed by atoms with Gasteiger partial charge in [0.2, 0.25) is 0 Å². The van der Waals surface area contributed by atoms with Crippen molar-refractivity contribution >= 4 is 37.6 Å². The summed E-state index contributed by atoms with van der Waals surface area (Å²) in [6.07, 6.45) is -0.913. The first-order valence-corrected chi connectivity index (χ1v) is 13.9. The van der Waals surface area contributed by atoms with Gasteiger partial charge in [0.15, 0.2) is 5.65 Å². The van der Waals surface area contributed by atoms with Gasteiger partial charge in [-0.05, 0) is 61.0 Å². The summed E-state index contributed by atoms with van der Waals surface area (Å²) in [7, 11) is -1.33. The van der Waals surface area contributed by atoms with E-state index in [-0.39, 0.29) is 30.1 Å². The summed E-state index contributed by atoms with van der Waals surface area (Å²) in [4.78, 5) is 17.4. The number of pyridine rings is 1. The van der Waals surface area contributed by atoms with E-state index >= 15 is 0 Å². The third kappa shape index (κ3) is 5.43. The molecule has 3 heterocycles. The zero-order valence-corrected chi connectivity index (χ0v) is 21.6. The summed E-state index contributed by atoms with van der Waals surface area (Å²) in [5, 5.41) is 15.1. The van der Waals surface area contributed by atoms with Crippen molar-refractivity contribution in [3.8, 4) is 5.69 Å². The third-order valence-electron chi connectivity index (χ3n) is 6.22. The Morgan fingerprint density at radius 1 is 1.08 bits per heavy atom. The molecule has 3 aromatic heterocycles. The lowest BCUT2D eigenvalue weighted by atomic mass is 10.1. The predicted octanol–water partition coefficient (Wildman–Crippen LogP) is 5.12. The van der Waals surface area contributed by atoms with E-state index in [0.717, 1.165) is 12.1 Å². The molecule has 0 bridgehead atoms. The van der Waals surface area contributed by atoms with Crippen molar-refractivity contribution in [1.29, 1.82) is 0 Å². The fourth-order valence-corrected chi connectivity index (χ4v) is 6.37. The average Bonchev–Trinajstić information content (AvgIpc) is 3.42. The second kappa shape index (κ2) is 10.3. The Morgan fingerprint density at radius 2 is 1.85 bits per heavy atom. The van der Waals surface area contributed by atoms with Gasteiger partial charge in [-0.15, -0.1) is 0 Å². The number of carbonyl (C=O) groups is 1. The minimum absolute atomic E-state index is 0.0288. The highest BCUT2D eigenvalue weighted by atomic mass is 32.2. The van der Waals surface area contributed by atoms with E-state index in [1.807, 2.05) is 0 Å². The monoisotopic (exact) mass is 555 g/mol. The van der Waals surface area contributed by atoms with Gasteiger partial charge in [0.05, 0.1) is 32.3 Å². The Bertz CT molecular complexity index is 1790. The van der Waals surface area contributed by atoms with Gasteiger partial charge in [-0.2, -0.15) is 22.6 Å². The Morgan fingerprint density at radius 3 is 2.51 bits per heavy atom. The number of carbonyl (C=O) groups excluding carboxylic acids is 1. The topological polar surface area (TPSA) is 102 Å². The van der Waals surface area contributed by atoms with Crippen molar-refractivity contribution in [2.24, 2.45) is 11.4 Å². The number of aryl methyl sites for hydroxylation is 1. The number of amides is 1. The average molecular weight is 556 g/mol. The van der Waals surface area contributed by atoms with Gasteiger partial charge < -0.3 is 5.11 Å². The molecule has 0 aliphatic rings. The van der Waals surface area contributed by atoms with Gasteiger partial charge in [0.1, 0.15) is 0 Å². The molecule has 202 valence electrons. The lowest BCUT2D eigenvalue weighted by molar-refractivity contribution is -0.137. The molecule has 39 heavy (non-hydrogen) atoms. The molecule has 1 atom stereocenters. The van der Waals surface area contributed by atoms with Crippen LogP contribution in [0.4, 0.5) is 13.2 Å². The number of fused-ring (bicyclic) bond motifs is 3. The van der Waals surface area contributed by atoms with E-state index in [9.17, 15) is 27.3 Å². The highest BCUT2D eigenvalue weighted by Crippen LogP contribution is 2.34. The number of alkyl halides is 3. The number of rotatable bonds is 7. The molecule has 2 aromatic carbocycles. The molecule has 0 radical (unpaired) electrons. The van der Waals surface area contributed by atoms with E-state index < -0.39 is 27.4 Å². The molecule has 0 saturated heterocycles. The number of benzene rings is 2. The summed E-state index contributed by atoms with van der Waals surface area (Å²) in [5.74, 6) is -0.667. The van der Waals surface area contributed by atoms with E-state index in [0.29, 0.717) is 33.3 Å². The van der Waals surface area contributed by atoms with Gasteiger partial charge in [0, 0.05) is 53.8 Å². The maximum Gasteiger partial charge on any atom is 0.416 e. The van der Waals surface area contributed by atoms with Gasteiger partial charge >= 0.3 is 6.18 Å². The van der Waals surface area contributed by atoms with Crippen LogP contribution >= 0.6 is 0 Å². The van der Waals surface area contributed by atoms with Crippen LogP contribution in [0.2, 0.25) is 0 Å². The van der Waals surface area contributed by atoms with Crippen LogP contribution in [0.25, 0.3) is 27.6 Å². The molecular weight excluding hydrogens is 531 g/mol. The van der Waals surface area contributed by atoms with Crippen molar-refractivity contribution in [1.82, 2.24) is 19.3 Å². The maximum atomic E-state index is 13.6. The van der Waals surface area contributed by atoms with Gasteiger partial charge in [0.25, 0.3) is 5.91 Å². The smallest absolute Gasteiger partial charge is 0.396 e. The lowest BCUT2D eigenvalue weighted by Crippen LogP contribution is -2.14. The highest BCUT2D eigenvalue weighted by Gasteiger charge is 2.30. The fourth-order valence-electron chi connectivity index (χ4n) is 4.45. The maximum absolute atomic E-state index is 13.6. The Balaban J connectivity index is 1.58. The van der Waals surface area contributed by atoms with Crippen molar-refractivity contribution < 1.29 is 27.3 Å². The largest absolute Gasteiger partial charge is 0.416 e. The first-order chi connectivity index (χ1) is 18.6. The number of hydrogen-bond donors (Lipinski definition) is 1. The van der Waals surface area contributed by atoms with Crippen LogP contribution in [-0.4, -0.2) is 46.9 Å². The van der Waals surface area contributed by atoms with E-state index in [1.54, 1.807) is 65.1 Å². The summed E-state index contributed by atoms with van der Waals surface area (Å²) >= 11 is 0. The zero-order valence-electron chi connectivity index (χ0n) is 20.8. The third-order valence-corrected chi connectivity index (χ3v) is 8.39. The molecule has 5 rings (SSSR count). The van der Waals surface area contributed by atoms with Crippen LogP contribution in [0, 0.1) is 0 Å². The molecule has 1 N–H and O–H groups in total. The van der Waals surface area contributed by atoms with Crippen molar-refractivity contribution in [3.63, 3.8) is 0 Å². The quantitative estimate of drug-likeness (QED) is 0.300. The van der Waals surface area contributed by atoms with E-state index in [2.05, 4.69) is 14.4 Å². The molecule has 0 fully saturated rings. The molecule has 0 aliphatic heterocycles. The number of aliphatic hydroxyl groups is 1. The lowest BCUT2D eigenvalue weighted by Gasteiger charge is -2.10. The first kappa shape index (κ1) is 26.6. The second-order valence-electron chi connectivity index (χ2n) is 9.07. The standard InChI is InChI=1S/C27H24F3N5O3S/c1-34-16-23-22-15-18(26(37)33-39(38,14-4-13-36)17-20-5-2-3-12-31-20)6-11-24(22)35(25(23)32-34)21-9-7-19(8-10-21)27(28,29)30/h2-3,5-12,15-16,36H,4,13-14,17H2,1H3/t39-/m0/s1. The fraction of sp³-hybridized carbons (Fsp3) is 0.222. The Labute approximate surface area is 221 Å². The summed E-state index contributed by atoms with van der Waals surface area (Å²) in [5.41, 5.74) is 1.60. The number of nitrogens with zero attached hydrogens (tertiary/aromatic N) is 5.